The molecule has 4 nitrogen and oxygen atoms in total. The van der Waals surface area contributed by atoms with Gasteiger partial charge in [0.25, 0.3) is 0 Å². The first-order chi connectivity index (χ1) is 10.5. The number of Topliss-reactive ketones (excluding diaryl/α,β-unsaturated/α-hetero) is 1. The van der Waals surface area contributed by atoms with Crippen molar-refractivity contribution in [3.05, 3.63) is 35.4 Å². The topological polar surface area (TPSA) is 55.8 Å². The van der Waals surface area contributed by atoms with Crippen LogP contribution in [0.1, 0.15) is 41.6 Å². The molecule has 1 heterocycles. The molecule has 1 aliphatic carbocycles. The minimum absolute atomic E-state index is 0.250. The number of aryl methyl sites for hydroxylation is 1. The van der Waals surface area contributed by atoms with Crippen molar-refractivity contribution in [2.24, 2.45) is 0 Å². The van der Waals surface area contributed by atoms with Gasteiger partial charge in [-0.05, 0) is 31.2 Å². The van der Waals surface area contributed by atoms with E-state index >= 15 is 0 Å². The van der Waals surface area contributed by atoms with Crippen LogP contribution in [0.4, 0.5) is 0 Å². The standard InChI is InChI=1S/C18H20O4/c1-14-4-2-3-5-15(14)16(19)6-7-17(20)8-10-18(11-9-17)21-12-13-22-18/h2-5,20H,8-13H2,1H3. The fraction of sp³-hybridized carbons (Fsp3) is 0.500. The number of ketones is 1. The van der Waals surface area contributed by atoms with Crippen LogP contribution in [0.5, 0.6) is 0 Å². The predicted molar refractivity (Wildman–Crippen MR) is 81.3 cm³/mol. The van der Waals surface area contributed by atoms with E-state index in [1.807, 2.05) is 25.1 Å². The van der Waals surface area contributed by atoms with Crippen LogP contribution < -0.4 is 0 Å². The lowest BCUT2D eigenvalue weighted by molar-refractivity contribution is -0.195. The normalized spacial score (nSPS) is 22.1. The fourth-order valence-electron chi connectivity index (χ4n) is 3.02. The predicted octanol–water partition coefficient (Wildman–Crippen LogP) is 2.23. The number of benzene rings is 1. The van der Waals surface area contributed by atoms with Gasteiger partial charge < -0.3 is 14.6 Å². The van der Waals surface area contributed by atoms with Gasteiger partial charge in [-0.3, -0.25) is 4.79 Å². The summed E-state index contributed by atoms with van der Waals surface area (Å²) in [7, 11) is 0. The van der Waals surface area contributed by atoms with Gasteiger partial charge in [0.2, 0.25) is 5.78 Å². The highest BCUT2D eigenvalue weighted by atomic mass is 16.7. The summed E-state index contributed by atoms with van der Waals surface area (Å²) in [5.74, 6) is 4.60. The van der Waals surface area contributed by atoms with E-state index in [1.54, 1.807) is 6.07 Å². The van der Waals surface area contributed by atoms with Crippen molar-refractivity contribution in [3.63, 3.8) is 0 Å². The maximum absolute atomic E-state index is 12.2. The first-order valence-corrected chi connectivity index (χ1v) is 7.65. The van der Waals surface area contributed by atoms with Gasteiger partial charge in [-0.2, -0.15) is 0 Å². The number of hydrogen-bond acceptors (Lipinski definition) is 4. The Bertz CT molecular complexity index is 622. The zero-order valence-electron chi connectivity index (χ0n) is 12.7. The van der Waals surface area contributed by atoms with Crippen molar-refractivity contribution in [3.8, 4) is 11.8 Å². The van der Waals surface area contributed by atoms with Crippen LogP contribution in [0.2, 0.25) is 0 Å². The largest absolute Gasteiger partial charge is 0.378 e. The maximum Gasteiger partial charge on any atom is 0.236 e. The van der Waals surface area contributed by atoms with E-state index in [2.05, 4.69) is 11.8 Å². The van der Waals surface area contributed by atoms with E-state index in [4.69, 9.17) is 9.47 Å². The highest BCUT2D eigenvalue weighted by molar-refractivity contribution is 6.10. The van der Waals surface area contributed by atoms with Gasteiger partial charge in [-0.25, -0.2) is 0 Å². The van der Waals surface area contributed by atoms with Crippen molar-refractivity contribution in [1.82, 2.24) is 0 Å². The Morgan fingerprint density at radius 2 is 1.77 bits per heavy atom. The summed E-state index contributed by atoms with van der Waals surface area (Å²) in [6, 6.07) is 7.33. The lowest BCUT2D eigenvalue weighted by atomic mass is 9.81. The Morgan fingerprint density at radius 1 is 1.14 bits per heavy atom. The maximum atomic E-state index is 12.2. The van der Waals surface area contributed by atoms with Crippen molar-refractivity contribution in [1.29, 1.82) is 0 Å². The molecule has 2 fully saturated rings. The van der Waals surface area contributed by atoms with Gasteiger partial charge in [-0.1, -0.05) is 30.2 Å². The molecule has 1 aromatic rings. The Morgan fingerprint density at radius 3 is 2.41 bits per heavy atom. The lowest BCUT2D eigenvalue weighted by Gasteiger charge is -2.37. The molecule has 4 heteroatoms. The molecule has 0 atom stereocenters. The van der Waals surface area contributed by atoms with Gasteiger partial charge in [0.15, 0.2) is 5.79 Å². The second-order valence-electron chi connectivity index (χ2n) is 6.03. The summed E-state index contributed by atoms with van der Waals surface area (Å²) in [5.41, 5.74) is 0.358. The van der Waals surface area contributed by atoms with E-state index < -0.39 is 11.4 Å². The fourth-order valence-corrected chi connectivity index (χ4v) is 3.02. The van der Waals surface area contributed by atoms with E-state index in [0.29, 0.717) is 44.5 Å². The molecular formula is C18H20O4. The molecule has 0 unspecified atom stereocenters. The lowest BCUT2D eigenvalue weighted by Crippen LogP contribution is -2.42. The summed E-state index contributed by atoms with van der Waals surface area (Å²) < 4.78 is 11.3. The zero-order chi connectivity index (χ0) is 15.6. The number of rotatable bonds is 1. The van der Waals surface area contributed by atoms with Crippen LogP contribution in [0.3, 0.4) is 0 Å². The van der Waals surface area contributed by atoms with Crippen molar-refractivity contribution in [2.45, 2.75) is 44.0 Å². The van der Waals surface area contributed by atoms with Crippen LogP contribution in [-0.4, -0.2) is 35.5 Å². The van der Waals surface area contributed by atoms with Gasteiger partial charge >= 0.3 is 0 Å². The first-order valence-electron chi connectivity index (χ1n) is 7.65. The highest BCUT2D eigenvalue weighted by Crippen LogP contribution is 2.39. The molecule has 0 radical (unpaired) electrons. The van der Waals surface area contributed by atoms with Gasteiger partial charge in [0, 0.05) is 18.4 Å². The SMILES string of the molecule is Cc1ccccc1C(=O)C#CC1(O)CCC2(CC1)OCCO2. The van der Waals surface area contributed by atoms with Gasteiger partial charge in [0.1, 0.15) is 5.60 Å². The Hall–Kier alpha value is -1.67. The average Bonchev–Trinajstić information content (AvgIpc) is 2.98. The average molecular weight is 300 g/mol. The molecule has 1 aromatic carbocycles. The molecule has 3 rings (SSSR count). The summed E-state index contributed by atoms with van der Waals surface area (Å²) in [4.78, 5) is 12.2. The number of carbonyl (C=O) groups excluding carboxylic acids is 1. The third-order valence-corrected chi connectivity index (χ3v) is 4.45. The summed E-state index contributed by atoms with van der Waals surface area (Å²) in [6.45, 7) is 3.09. The molecule has 0 amide bonds. The summed E-state index contributed by atoms with van der Waals surface area (Å²) >= 11 is 0. The molecule has 0 bridgehead atoms. The van der Waals surface area contributed by atoms with Crippen LogP contribution in [0, 0.1) is 18.8 Å². The first kappa shape index (κ1) is 15.2. The quantitative estimate of drug-likeness (QED) is 0.491. The smallest absolute Gasteiger partial charge is 0.236 e. The minimum atomic E-state index is -1.13. The number of aliphatic hydroxyl groups is 1. The Labute approximate surface area is 130 Å². The van der Waals surface area contributed by atoms with Gasteiger partial charge in [0.05, 0.1) is 13.2 Å². The molecule has 2 aliphatic rings. The summed E-state index contributed by atoms with van der Waals surface area (Å²) in [6.07, 6.45) is 2.13. The van der Waals surface area contributed by atoms with Crippen LogP contribution in [-0.2, 0) is 9.47 Å². The molecule has 1 saturated carbocycles. The van der Waals surface area contributed by atoms with Crippen LogP contribution >= 0.6 is 0 Å². The Kier molecular flexibility index (Phi) is 4.05. The molecule has 1 N–H and O–H groups in total. The molecule has 116 valence electrons. The zero-order valence-corrected chi connectivity index (χ0v) is 12.7. The number of carbonyl (C=O) groups is 1. The molecule has 1 saturated heterocycles. The van der Waals surface area contributed by atoms with Crippen molar-refractivity contribution >= 4 is 5.78 Å². The second-order valence-corrected chi connectivity index (χ2v) is 6.03. The van der Waals surface area contributed by atoms with Crippen LogP contribution in [0.15, 0.2) is 24.3 Å². The third kappa shape index (κ3) is 3.07. The molecule has 1 aliphatic heterocycles. The van der Waals surface area contributed by atoms with E-state index in [9.17, 15) is 9.90 Å². The Balaban J connectivity index is 1.69. The van der Waals surface area contributed by atoms with E-state index in [-0.39, 0.29) is 5.78 Å². The minimum Gasteiger partial charge on any atom is -0.378 e. The third-order valence-electron chi connectivity index (χ3n) is 4.45. The molecule has 22 heavy (non-hydrogen) atoms. The van der Waals surface area contributed by atoms with Crippen molar-refractivity contribution in [2.75, 3.05) is 13.2 Å². The van der Waals surface area contributed by atoms with Crippen LogP contribution in [0.25, 0.3) is 0 Å². The van der Waals surface area contributed by atoms with Crippen molar-refractivity contribution < 1.29 is 19.4 Å². The van der Waals surface area contributed by atoms with Gasteiger partial charge in [-0.15, -0.1) is 0 Å². The number of ether oxygens (including phenoxy) is 2. The summed E-state index contributed by atoms with van der Waals surface area (Å²) in [5, 5.41) is 10.5. The molecular weight excluding hydrogens is 280 g/mol. The van der Waals surface area contributed by atoms with E-state index in [1.165, 1.54) is 0 Å². The monoisotopic (exact) mass is 300 g/mol. The second kappa shape index (κ2) is 5.85. The highest BCUT2D eigenvalue weighted by Gasteiger charge is 2.45. The number of hydrogen-bond donors (Lipinski definition) is 1. The molecule has 1 spiro atoms. The molecule has 0 aromatic heterocycles. The van der Waals surface area contributed by atoms with E-state index in [0.717, 1.165) is 5.56 Å².